The minimum atomic E-state index is 0.726. The molecule has 8 aromatic carbocycles. The predicted molar refractivity (Wildman–Crippen MR) is 190 cm³/mol. The lowest BCUT2D eigenvalue weighted by molar-refractivity contribution is 0.361. The van der Waals surface area contributed by atoms with Crippen molar-refractivity contribution in [3.63, 3.8) is 0 Å². The van der Waals surface area contributed by atoms with Crippen molar-refractivity contribution >= 4 is 21.5 Å². The molecule has 0 fully saturated rings. The zero-order valence-corrected chi connectivity index (χ0v) is 25.0. The van der Waals surface area contributed by atoms with Crippen molar-refractivity contribution in [2.75, 3.05) is 0 Å². The summed E-state index contributed by atoms with van der Waals surface area (Å²) < 4.78 is 12.6. The fourth-order valence-corrected chi connectivity index (χ4v) is 6.89. The van der Waals surface area contributed by atoms with Crippen molar-refractivity contribution in [2.24, 2.45) is 0 Å². The minimum Gasteiger partial charge on any atom is -0.449 e. The average molecular weight is 589 g/mol. The van der Waals surface area contributed by atoms with Crippen molar-refractivity contribution in [2.45, 2.75) is 0 Å². The van der Waals surface area contributed by atoms with E-state index in [4.69, 9.17) is 9.47 Å². The lowest BCUT2D eigenvalue weighted by Gasteiger charge is -2.23. The van der Waals surface area contributed by atoms with Crippen LogP contribution in [0.25, 0.3) is 66.1 Å². The Morgan fingerprint density at radius 1 is 0.261 bits per heavy atom. The predicted octanol–water partition coefficient (Wildman–Crippen LogP) is 12.6. The van der Waals surface area contributed by atoms with Gasteiger partial charge in [-0.05, 0) is 78.7 Å². The molecule has 9 rings (SSSR count). The molecular weight excluding hydrogens is 560 g/mol. The summed E-state index contributed by atoms with van der Waals surface area (Å²) in [5.74, 6) is 2.93. The Balaban J connectivity index is 1.21. The van der Waals surface area contributed by atoms with E-state index in [2.05, 4.69) is 133 Å². The number of rotatable bonds is 4. The van der Waals surface area contributed by atoms with E-state index in [1.165, 1.54) is 54.9 Å². The molecule has 1 heterocycles. The van der Waals surface area contributed by atoms with Gasteiger partial charge in [-0.1, -0.05) is 152 Å². The van der Waals surface area contributed by atoms with Crippen LogP contribution in [0.4, 0.5) is 0 Å². The molecule has 2 heteroatoms. The molecular formula is C44H28O2. The zero-order valence-electron chi connectivity index (χ0n) is 25.0. The third-order valence-corrected chi connectivity index (χ3v) is 8.96. The van der Waals surface area contributed by atoms with E-state index < -0.39 is 0 Å². The van der Waals surface area contributed by atoms with Crippen LogP contribution >= 0.6 is 0 Å². The van der Waals surface area contributed by atoms with Crippen LogP contribution in [0.1, 0.15) is 0 Å². The first-order valence-electron chi connectivity index (χ1n) is 15.6. The molecule has 216 valence electrons. The van der Waals surface area contributed by atoms with E-state index in [1.807, 2.05) is 36.4 Å². The normalized spacial score (nSPS) is 11.8. The second-order valence-corrected chi connectivity index (χ2v) is 11.6. The van der Waals surface area contributed by atoms with Crippen LogP contribution in [0.2, 0.25) is 0 Å². The molecule has 0 saturated heterocycles. The second-order valence-electron chi connectivity index (χ2n) is 11.6. The molecule has 0 unspecified atom stereocenters. The first-order valence-corrected chi connectivity index (χ1v) is 15.6. The lowest BCUT2D eigenvalue weighted by Crippen LogP contribution is -2.00. The Morgan fingerprint density at radius 2 is 0.717 bits per heavy atom. The molecule has 0 aromatic heterocycles. The van der Waals surface area contributed by atoms with Crippen molar-refractivity contribution < 1.29 is 9.47 Å². The van der Waals surface area contributed by atoms with Crippen LogP contribution in [0.15, 0.2) is 170 Å². The molecule has 0 saturated carbocycles. The second kappa shape index (κ2) is 10.8. The van der Waals surface area contributed by atoms with Gasteiger partial charge in [-0.2, -0.15) is 0 Å². The summed E-state index contributed by atoms with van der Waals surface area (Å²) in [5.41, 5.74) is 9.43. The van der Waals surface area contributed by atoms with Crippen molar-refractivity contribution in [3.05, 3.63) is 170 Å². The van der Waals surface area contributed by atoms with E-state index >= 15 is 0 Å². The molecule has 0 aliphatic carbocycles. The summed E-state index contributed by atoms with van der Waals surface area (Å²) >= 11 is 0. The highest BCUT2D eigenvalue weighted by molar-refractivity contribution is 6.22. The first-order chi connectivity index (χ1) is 22.8. The van der Waals surface area contributed by atoms with Crippen LogP contribution in [-0.4, -0.2) is 0 Å². The molecule has 1 aliphatic rings. The van der Waals surface area contributed by atoms with Crippen LogP contribution in [0.5, 0.6) is 23.0 Å². The van der Waals surface area contributed by atoms with Gasteiger partial charge in [0.25, 0.3) is 0 Å². The van der Waals surface area contributed by atoms with Crippen molar-refractivity contribution in [1.29, 1.82) is 0 Å². The number of para-hydroxylation sites is 3. The molecule has 0 spiro atoms. The SMILES string of the molecule is c1ccc(-c2ccccc2-c2c3ccccc3c(-c3ccc(-c4cccc5c4Oc4ccccc4O5)cc3)c3ccccc23)cc1. The molecule has 46 heavy (non-hydrogen) atoms. The molecule has 8 aromatic rings. The van der Waals surface area contributed by atoms with Gasteiger partial charge in [-0.3, -0.25) is 0 Å². The topological polar surface area (TPSA) is 18.5 Å². The van der Waals surface area contributed by atoms with Gasteiger partial charge in [-0.25, -0.2) is 0 Å². The number of hydrogen-bond acceptors (Lipinski definition) is 2. The maximum Gasteiger partial charge on any atom is 0.177 e. The summed E-state index contributed by atoms with van der Waals surface area (Å²) in [6, 6.07) is 59.8. The van der Waals surface area contributed by atoms with Crippen molar-refractivity contribution in [1.82, 2.24) is 0 Å². The van der Waals surface area contributed by atoms with Gasteiger partial charge in [0, 0.05) is 5.56 Å². The smallest absolute Gasteiger partial charge is 0.177 e. The summed E-state index contributed by atoms with van der Waals surface area (Å²) in [4.78, 5) is 0. The minimum absolute atomic E-state index is 0.726. The molecule has 0 atom stereocenters. The molecule has 0 amide bonds. The zero-order chi connectivity index (χ0) is 30.5. The van der Waals surface area contributed by atoms with Gasteiger partial charge in [0.1, 0.15) is 0 Å². The third kappa shape index (κ3) is 4.27. The molecule has 0 radical (unpaired) electrons. The van der Waals surface area contributed by atoms with Gasteiger partial charge in [0.2, 0.25) is 0 Å². The fraction of sp³-hybridized carbons (Fsp3) is 0. The highest BCUT2D eigenvalue weighted by Gasteiger charge is 2.23. The van der Waals surface area contributed by atoms with Crippen LogP contribution in [-0.2, 0) is 0 Å². The summed E-state index contributed by atoms with van der Waals surface area (Å²) in [6.07, 6.45) is 0. The van der Waals surface area contributed by atoms with Gasteiger partial charge in [-0.15, -0.1) is 0 Å². The van der Waals surface area contributed by atoms with E-state index in [0.717, 1.165) is 34.1 Å². The number of fused-ring (bicyclic) bond motifs is 4. The lowest BCUT2D eigenvalue weighted by atomic mass is 9.83. The largest absolute Gasteiger partial charge is 0.449 e. The maximum atomic E-state index is 6.36. The van der Waals surface area contributed by atoms with E-state index in [-0.39, 0.29) is 0 Å². The maximum absolute atomic E-state index is 6.36. The highest BCUT2D eigenvalue weighted by Crippen LogP contribution is 2.50. The monoisotopic (exact) mass is 588 g/mol. The van der Waals surface area contributed by atoms with E-state index in [1.54, 1.807) is 0 Å². The standard InChI is InChI=1S/C44H28O2/c1-2-13-29(14-3-1)32-15-4-5-16-34(32)43-37-19-8-6-17-35(37)42(36-18-7-9-20-38(36)43)31-27-25-30(26-28-31)33-21-12-24-41-44(33)46-40-23-11-10-22-39(40)45-41/h1-28H. The molecule has 0 bridgehead atoms. The van der Waals surface area contributed by atoms with Crippen molar-refractivity contribution in [3.8, 4) is 67.5 Å². The van der Waals surface area contributed by atoms with Crippen LogP contribution in [0, 0.1) is 0 Å². The van der Waals surface area contributed by atoms with Gasteiger partial charge >= 0.3 is 0 Å². The van der Waals surface area contributed by atoms with Gasteiger partial charge < -0.3 is 9.47 Å². The Hall–Kier alpha value is -6.12. The summed E-state index contributed by atoms with van der Waals surface area (Å²) in [7, 11) is 0. The van der Waals surface area contributed by atoms with Crippen LogP contribution < -0.4 is 9.47 Å². The fourth-order valence-electron chi connectivity index (χ4n) is 6.89. The molecule has 2 nitrogen and oxygen atoms in total. The number of ether oxygens (including phenoxy) is 2. The Kier molecular flexibility index (Phi) is 6.17. The Morgan fingerprint density at radius 3 is 1.39 bits per heavy atom. The summed E-state index contributed by atoms with van der Waals surface area (Å²) in [5, 5.41) is 4.95. The van der Waals surface area contributed by atoms with Crippen LogP contribution in [0.3, 0.4) is 0 Å². The quantitative estimate of drug-likeness (QED) is 0.190. The Labute approximate surface area is 267 Å². The van der Waals surface area contributed by atoms with E-state index in [0.29, 0.717) is 0 Å². The number of benzene rings is 8. The summed E-state index contributed by atoms with van der Waals surface area (Å²) in [6.45, 7) is 0. The number of hydrogen-bond donors (Lipinski definition) is 0. The molecule has 1 aliphatic heterocycles. The molecule has 0 N–H and O–H groups in total. The first kappa shape index (κ1) is 26.3. The highest BCUT2D eigenvalue weighted by atomic mass is 16.6. The van der Waals surface area contributed by atoms with E-state index in [9.17, 15) is 0 Å². The van der Waals surface area contributed by atoms with Gasteiger partial charge in [0.15, 0.2) is 23.0 Å². The van der Waals surface area contributed by atoms with Gasteiger partial charge in [0.05, 0.1) is 0 Å². The average Bonchev–Trinajstić information content (AvgIpc) is 3.13. The third-order valence-electron chi connectivity index (χ3n) is 8.96. The Bertz CT molecular complexity index is 2350.